The van der Waals surface area contributed by atoms with Gasteiger partial charge in [-0.15, -0.1) is 0 Å². The number of aryl methyl sites for hydroxylation is 1. The van der Waals surface area contributed by atoms with Gasteiger partial charge in [0.25, 0.3) is 0 Å². The molecule has 2 aromatic rings. The second-order valence-electron chi connectivity index (χ2n) is 10.9. The summed E-state index contributed by atoms with van der Waals surface area (Å²) in [5.74, 6) is 3.58. The summed E-state index contributed by atoms with van der Waals surface area (Å²) in [6, 6.07) is 7.30. The average molecular weight is 406 g/mol. The Balaban J connectivity index is 1.31. The third kappa shape index (κ3) is 3.52. The van der Waals surface area contributed by atoms with Gasteiger partial charge in [-0.25, -0.2) is 4.98 Å². The molecule has 5 aliphatic rings. The van der Waals surface area contributed by atoms with Crippen molar-refractivity contribution in [3.63, 3.8) is 0 Å². The van der Waals surface area contributed by atoms with Gasteiger partial charge in [0, 0.05) is 17.1 Å². The van der Waals surface area contributed by atoms with Crippen LogP contribution in [0.1, 0.15) is 76.3 Å². The van der Waals surface area contributed by atoms with Crippen molar-refractivity contribution < 1.29 is 4.42 Å². The smallest absolute Gasteiger partial charge is 0.226 e. The second-order valence-corrected chi connectivity index (χ2v) is 10.9. The first-order valence-corrected chi connectivity index (χ1v) is 12.3. The van der Waals surface area contributed by atoms with Crippen LogP contribution in [0.2, 0.25) is 0 Å². The molecule has 4 bridgehead atoms. The fourth-order valence-electron chi connectivity index (χ4n) is 7.41. The maximum absolute atomic E-state index is 5.71. The molecule has 7 rings (SSSR count). The normalized spacial score (nSPS) is 33.0. The zero-order valence-electron chi connectivity index (χ0n) is 18.3. The average Bonchev–Trinajstić information content (AvgIpc) is 3.15. The highest BCUT2D eigenvalue weighted by atomic mass is 16.3. The fraction of sp³-hybridized carbons (Fsp3) is 0.654. The number of benzene rings is 1. The number of oxazole rings is 1. The van der Waals surface area contributed by atoms with Crippen LogP contribution < -0.4 is 10.6 Å². The SMILES string of the molecule is Cc1coc(-c2ccc(NC34CC5CC(CC(C5)C3)C4)c(NC3CCCCC3)c2)n1. The molecular formula is C26H35N3O. The van der Waals surface area contributed by atoms with Gasteiger partial charge in [-0.05, 0) is 94.2 Å². The first kappa shape index (κ1) is 18.8. The van der Waals surface area contributed by atoms with Crippen LogP contribution in [0.3, 0.4) is 0 Å². The lowest BCUT2D eigenvalue weighted by Gasteiger charge is -2.57. The maximum Gasteiger partial charge on any atom is 0.226 e. The van der Waals surface area contributed by atoms with Crippen LogP contribution in [-0.4, -0.2) is 16.6 Å². The van der Waals surface area contributed by atoms with E-state index in [1.807, 2.05) is 6.92 Å². The number of nitrogens with one attached hydrogen (secondary N) is 2. The van der Waals surface area contributed by atoms with Gasteiger partial charge in [-0.2, -0.15) is 0 Å². The lowest BCUT2D eigenvalue weighted by atomic mass is 9.53. The van der Waals surface area contributed by atoms with Crippen LogP contribution in [0.25, 0.3) is 11.5 Å². The molecule has 5 aliphatic carbocycles. The van der Waals surface area contributed by atoms with Gasteiger partial charge in [0.15, 0.2) is 0 Å². The lowest BCUT2D eigenvalue weighted by molar-refractivity contribution is 0.0107. The molecular weight excluding hydrogens is 370 g/mol. The summed E-state index contributed by atoms with van der Waals surface area (Å²) >= 11 is 0. The third-order valence-corrected chi connectivity index (χ3v) is 8.29. The number of anilines is 2. The molecule has 0 spiro atoms. The Morgan fingerprint density at radius 2 is 1.63 bits per heavy atom. The van der Waals surface area contributed by atoms with Gasteiger partial charge in [-0.3, -0.25) is 0 Å². The van der Waals surface area contributed by atoms with Gasteiger partial charge in [0.05, 0.1) is 17.1 Å². The summed E-state index contributed by atoms with van der Waals surface area (Å²) in [5.41, 5.74) is 4.85. The van der Waals surface area contributed by atoms with E-state index in [4.69, 9.17) is 4.42 Å². The molecule has 0 aliphatic heterocycles. The molecule has 5 saturated carbocycles. The minimum atomic E-state index is 0.318. The van der Waals surface area contributed by atoms with Gasteiger partial charge >= 0.3 is 0 Å². The van der Waals surface area contributed by atoms with Crippen molar-refractivity contribution in [2.24, 2.45) is 17.8 Å². The van der Waals surface area contributed by atoms with Crippen molar-refractivity contribution in [2.45, 2.75) is 89.1 Å². The summed E-state index contributed by atoms with van der Waals surface area (Å²) in [4.78, 5) is 4.56. The number of hydrogen-bond acceptors (Lipinski definition) is 4. The lowest BCUT2D eigenvalue weighted by Crippen LogP contribution is -2.54. The Hall–Kier alpha value is -1.97. The molecule has 0 saturated heterocycles. The van der Waals surface area contributed by atoms with Crippen LogP contribution in [-0.2, 0) is 0 Å². The standard InChI is InChI=1S/C26H35N3O/c1-17-16-30-25(27-17)21-7-8-23(24(12-21)28-22-5-3-2-4-6-22)29-26-13-18-9-19(14-26)11-20(10-18)15-26/h7-8,12,16,18-20,22,28-29H,2-6,9-11,13-15H2,1H3. The van der Waals surface area contributed by atoms with E-state index in [1.54, 1.807) is 6.26 Å². The van der Waals surface area contributed by atoms with Crippen molar-refractivity contribution in [1.82, 2.24) is 4.98 Å². The monoisotopic (exact) mass is 405 g/mol. The van der Waals surface area contributed by atoms with Gasteiger partial charge in [0.2, 0.25) is 5.89 Å². The highest BCUT2D eigenvalue weighted by Gasteiger charge is 2.51. The van der Waals surface area contributed by atoms with Crippen LogP contribution in [0, 0.1) is 24.7 Å². The quantitative estimate of drug-likeness (QED) is 0.576. The number of hydrogen-bond donors (Lipinski definition) is 2. The zero-order valence-corrected chi connectivity index (χ0v) is 18.3. The predicted molar refractivity (Wildman–Crippen MR) is 122 cm³/mol. The summed E-state index contributed by atoms with van der Waals surface area (Å²) in [5, 5.41) is 8.03. The van der Waals surface area contributed by atoms with Crippen LogP contribution in [0.5, 0.6) is 0 Å². The molecule has 0 amide bonds. The Morgan fingerprint density at radius 3 is 2.27 bits per heavy atom. The molecule has 0 radical (unpaired) electrons. The minimum absolute atomic E-state index is 0.318. The summed E-state index contributed by atoms with van der Waals surface area (Å²) in [7, 11) is 0. The van der Waals surface area contributed by atoms with E-state index < -0.39 is 0 Å². The number of nitrogens with zero attached hydrogens (tertiary/aromatic N) is 1. The van der Waals surface area contributed by atoms with Crippen molar-refractivity contribution in [1.29, 1.82) is 0 Å². The summed E-state index contributed by atoms with van der Waals surface area (Å²) in [6.45, 7) is 1.98. The first-order chi connectivity index (χ1) is 14.6. The molecule has 2 N–H and O–H groups in total. The van der Waals surface area contributed by atoms with Gasteiger partial charge in [-0.1, -0.05) is 19.3 Å². The van der Waals surface area contributed by atoms with E-state index in [0.29, 0.717) is 11.6 Å². The molecule has 4 nitrogen and oxygen atoms in total. The van der Waals surface area contributed by atoms with E-state index in [1.165, 1.54) is 82.0 Å². The third-order valence-electron chi connectivity index (χ3n) is 8.29. The summed E-state index contributed by atoms with van der Waals surface area (Å²) in [6.07, 6.45) is 16.9. The highest BCUT2D eigenvalue weighted by molar-refractivity contribution is 5.76. The van der Waals surface area contributed by atoms with Crippen LogP contribution in [0.4, 0.5) is 11.4 Å². The van der Waals surface area contributed by atoms with Crippen molar-refractivity contribution in [3.8, 4) is 11.5 Å². The van der Waals surface area contributed by atoms with E-state index in [2.05, 4.69) is 33.8 Å². The molecule has 4 heteroatoms. The largest absolute Gasteiger partial charge is 0.444 e. The molecule has 160 valence electrons. The Labute approximate surface area is 180 Å². The molecule has 0 unspecified atom stereocenters. The zero-order chi connectivity index (χ0) is 20.1. The van der Waals surface area contributed by atoms with E-state index in [0.717, 1.165) is 34.9 Å². The fourth-order valence-corrected chi connectivity index (χ4v) is 7.41. The molecule has 1 heterocycles. The Morgan fingerprint density at radius 1 is 0.933 bits per heavy atom. The molecule has 5 fully saturated rings. The number of rotatable bonds is 5. The Bertz CT molecular complexity index is 875. The maximum atomic E-state index is 5.71. The molecule has 1 aromatic heterocycles. The summed E-state index contributed by atoms with van der Waals surface area (Å²) < 4.78 is 5.71. The topological polar surface area (TPSA) is 50.1 Å². The van der Waals surface area contributed by atoms with Gasteiger partial charge in [0.1, 0.15) is 6.26 Å². The predicted octanol–water partition coefficient (Wildman–Crippen LogP) is 6.78. The Kier molecular flexibility index (Phi) is 4.58. The highest BCUT2D eigenvalue weighted by Crippen LogP contribution is 2.57. The first-order valence-electron chi connectivity index (χ1n) is 12.3. The minimum Gasteiger partial charge on any atom is -0.444 e. The van der Waals surface area contributed by atoms with Gasteiger partial charge < -0.3 is 15.1 Å². The second kappa shape index (κ2) is 7.32. The van der Waals surface area contributed by atoms with E-state index >= 15 is 0 Å². The molecule has 1 aromatic carbocycles. The van der Waals surface area contributed by atoms with Crippen molar-refractivity contribution in [2.75, 3.05) is 10.6 Å². The van der Waals surface area contributed by atoms with E-state index in [9.17, 15) is 0 Å². The van der Waals surface area contributed by atoms with Crippen LogP contribution in [0.15, 0.2) is 28.9 Å². The van der Waals surface area contributed by atoms with Crippen molar-refractivity contribution >= 4 is 11.4 Å². The van der Waals surface area contributed by atoms with Crippen molar-refractivity contribution in [3.05, 3.63) is 30.2 Å². The van der Waals surface area contributed by atoms with E-state index in [-0.39, 0.29) is 0 Å². The van der Waals surface area contributed by atoms with Crippen LogP contribution >= 0.6 is 0 Å². The number of aromatic nitrogens is 1. The molecule has 0 atom stereocenters. The molecule has 30 heavy (non-hydrogen) atoms.